The Kier molecular flexibility index (Phi) is 7.99. The molecule has 0 saturated heterocycles. The van der Waals surface area contributed by atoms with E-state index in [1.54, 1.807) is 19.0 Å². The third kappa shape index (κ3) is 6.75. The Balaban J connectivity index is 1.27. The quantitative estimate of drug-likeness (QED) is 0.530. The molecule has 1 heterocycles. The maximum absolute atomic E-state index is 11.7. The lowest BCUT2D eigenvalue weighted by atomic mass is 9.88. The third-order valence-electron chi connectivity index (χ3n) is 6.71. The van der Waals surface area contributed by atoms with Crippen LogP contribution in [0.5, 0.6) is 11.5 Å². The van der Waals surface area contributed by atoms with E-state index in [4.69, 9.17) is 14.2 Å². The number of carbonyl (C=O) groups is 1. The van der Waals surface area contributed by atoms with Gasteiger partial charge in [-0.2, -0.15) is 0 Å². The van der Waals surface area contributed by atoms with E-state index in [1.165, 1.54) is 11.1 Å². The molecule has 0 aromatic heterocycles. The molecular formula is C28H38N2O5. The molecule has 7 heteroatoms. The van der Waals surface area contributed by atoms with Crippen LogP contribution in [-0.4, -0.2) is 55.0 Å². The second-order valence-corrected chi connectivity index (χ2v) is 10.2. The van der Waals surface area contributed by atoms with Crippen LogP contribution in [0.1, 0.15) is 61.5 Å². The molecule has 1 aliphatic heterocycles. The smallest absolute Gasteiger partial charge is 0.222 e. The van der Waals surface area contributed by atoms with Gasteiger partial charge in [0.05, 0.1) is 19.3 Å². The van der Waals surface area contributed by atoms with Crippen LogP contribution in [0.3, 0.4) is 0 Å². The fraction of sp³-hybridized carbons (Fsp3) is 0.536. The Bertz CT molecular complexity index is 1040. The van der Waals surface area contributed by atoms with Gasteiger partial charge in [-0.05, 0) is 66.6 Å². The zero-order valence-electron chi connectivity index (χ0n) is 21.3. The molecule has 0 bridgehead atoms. The number of hydrogen-bond donors (Lipinski definition) is 2. The van der Waals surface area contributed by atoms with Gasteiger partial charge in [-0.3, -0.25) is 4.79 Å². The number of aryl methyl sites for hydroxylation is 1. The summed E-state index contributed by atoms with van der Waals surface area (Å²) in [4.78, 5) is 13.3. The fourth-order valence-corrected chi connectivity index (χ4v) is 4.60. The largest absolute Gasteiger partial charge is 0.494 e. The molecule has 0 saturated carbocycles. The lowest BCUT2D eigenvalue weighted by Crippen LogP contribution is -2.37. The summed E-state index contributed by atoms with van der Waals surface area (Å²) in [5, 5.41) is 14.4. The minimum Gasteiger partial charge on any atom is -0.494 e. The highest BCUT2D eigenvalue weighted by molar-refractivity contribution is 5.75. The maximum atomic E-state index is 11.7. The van der Waals surface area contributed by atoms with E-state index in [9.17, 15) is 9.90 Å². The molecule has 35 heavy (non-hydrogen) atoms. The number of carbonyl (C=O) groups excluding carboxylic acids is 1. The highest BCUT2D eigenvalue weighted by Crippen LogP contribution is 2.33. The Hall–Kier alpha value is -2.61. The van der Waals surface area contributed by atoms with Gasteiger partial charge in [-0.15, -0.1) is 0 Å². The Morgan fingerprint density at radius 2 is 2.03 bits per heavy atom. The van der Waals surface area contributed by atoms with Gasteiger partial charge >= 0.3 is 0 Å². The SMILES string of the molecule is CN(C)C(=O)CCCOc1ccc2c(c1)C[C@@H](NCC(O)c1ccc3c(c1)COC(C)(C)O3)CC2. The van der Waals surface area contributed by atoms with Crippen LogP contribution in [0.4, 0.5) is 0 Å². The second-order valence-electron chi connectivity index (χ2n) is 10.2. The standard InChI is InChI=1S/C28H38N2O5/c1-28(2)34-18-22-14-20(9-12-26(22)35-28)25(31)17-29-23-10-7-19-8-11-24(16-21(19)15-23)33-13-5-6-27(32)30(3)4/h8-9,11-12,14,16,23,25,29,31H,5-7,10,13,15,17-18H2,1-4H3/t23-,25?/m0/s1. The lowest BCUT2D eigenvalue weighted by molar-refractivity contribution is -0.180. The highest BCUT2D eigenvalue weighted by Gasteiger charge is 2.28. The van der Waals surface area contributed by atoms with Crippen molar-refractivity contribution in [2.24, 2.45) is 0 Å². The summed E-state index contributed by atoms with van der Waals surface area (Å²) in [5.74, 6) is 1.16. The molecule has 190 valence electrons. The Morgan fingerprint density at radius 3 is 2.83 bits per heavy atom. The molecule has 2 aliphatic rings. The van der Waals surface area contributed by atoms with Crippen molar-refractivity contribution < 1.29 is 24.1 Å². The summed E-state index contributed by atoms with van der Waals surface area (Å²) in [6.07, 6.45) is 3.54. The van der Waals surface area contributed by atoms with Gasteiger partial charge in [0.15, 0.2) is 0 Å². The summed E-state index contributed by atoms with van der Waals surface area (Å²) < 4.78 is 17.5. The van der Waals surface area contributed by atoms with E-state index in [2.05, 4.69) is 17.4 Å². The van der Waals surface area contributed by atoms with Gasteiger partial charge in [0.25, 0.3) is 0 Å². The van der Waals surface area contributed by atoms with E-state index in [-0.39, 0.29) is 5.91 Å². The molecule has 1 aliphatic carbocycles. The van der Waals surface area contributed by atoms with Crippen molar-refractivity contribution in [3.63, 3.8) is 0 Å². The van der Waals surface area contributed by atoms with E-state index in [0.717, 1.165) is 41.9 Å². The topological polar surface area (TPSA) is 80.3 Å². The maximum Gasteiger partial charge on any atom is 0.222 e. The van der Waals surface area contributed by atoms with Crippen molar-refractivity contribution >= 4 is 5.91 Å². The average Bonchev–Trinajstić information content (AvgIpc) is 2.83. The van der Waals surface area contributed by atoms with Crippen LogP contribution >= 0.6 is 0 Å². The van der Waals surface area contributed by atoms with Crippen molar-refractivity contribution in [2.45, 2.75) is 70.5 Å². The Labute approximate surface area is 208 Å². The van der Waals surface area contributed by atoms with E-state index >= 15 is 0 Å². The zero-order chi connectivity index (χ0) is 25.0. The number of nitrogens with one attached hydrogen (secondary N) is 1. The van der Waals surface area contributed by atoms with Gasteiger partial charge in [0, 0.05) is 52.5 Å². The molecule has 0 radical (unpaired) electrons. The first-order valence-electron chi connectivity index (χ1n) is 12.5. The van der Waals surface area contributed by atoms with Crippen LogP contribution in [0.2, 0.25) is 0 Å². The number of hydrogen-bond acceptors (Lipinski definition) is 6. The number of fused-ring (bicyclic) bond motifs is 2. The highest BCUT2D eigenvalue weighted by atomic mass is 16.7. The Morgan fingerprint density at radius 1 is 1.20 bits per heavy atom. The summed E-state index contributed by atoms with van der Waals surface area (Å²) in [6.45, 7) is 5.29. The molecule has 0 spiro atoms. The molecule has 0 fully saturated rings. The van der Waals surface area contributed by atoms with Gasteiger partial charge in [-0.1, -0.05) is 12.1 Å². The normalized spacial score (nSPS) is 19.2. The van der Waals surface area contributed by atoms with Gasteiger partial charge < -0.3 is 29.5 Å². The summed E-state index contributed by atoms with van der Waals surface area (Å²) >= 11 is 0. The molecule has 4 rings (SSSR count). The van der Waals surface area contributed by atoms with Gasteiger partial charge in [0.1, 0.15) is 11.5 Å². The molecule has 2 aromatic rings. The molecule has 1 amide bonds. The van der Waals surface area contributed by atoms with Gasteiger partial charge in [-0.25, -0.2) is 0 Å². The third-order valence-corrected chi connectivity index (χ3v) is 6.71. The predicted octanol–water partition coefficient (Wildman–Crippen LogP) is 3.76. The minimum absolute atomic E-state index is 0.121. The first kappa shape index (κ1) is 25.5. The number of aliphatic hydroxyl groups excluding tert-OH is 1. The molecular weight excluding hydrogens is 444 g/mol. The summed E-state index contributed by atoms with van der Waals surface area (Å²) in [6, 6.07) is 12.4. The summed E-state index contributed by atoms with van der Waals surface area (Å²) in [7, 11) is 3.54. The van der Waals surface area contributed by atoms with Gasteiger partial charge in [0.2, 0.25) is 11.7 Å². The van der Waals surface area contributed by atoms with Crippen LogP contribution in [0.15, 0.2) is 36.4 Å². The van der Waals surface area contributed by atoms with E-state index in [1.807, 2.05) is 38.1 Å². The van der Waals surface area contributed by atoms with Crippen molar-refractivity contribution in [3.8, 4) is 11.5 Å². The van der Waals surface area contributed by atoms with Crippen molar-refractivity contribution in [1.29, 1.82) is 0 Å². The molecule has 1 unspecified atom stereocenters. The zero-order valence-corrected chi connectivity index (χ0v) is 21.3. The van der Waals surface area contributed by atoms with Crippen LogP contribution < -0.4 is 14.8 Å². The lowest BCUT2D eigenvalue weighted by Gasteiger charge is -2.33. The predicted molar refractivity (Wildman–Crippen MR) is 135 cm³/mol. The number of aliphatic hydroxyl groups is 1. The van der Waals surface area contributed by atoms with E-state index in [0.29, 0.717) is 38.6 Å². The van der Waals surface area contributed by atoms with Crippen LogP contribution in [0, 0.1) is 0 Å². The van der Waals surface area contributed by atoms with Crippen LogP contribution in [-0.2, 0) is 29.0 Å². The number of rotatable bonds is 9. The van der Waals surface area contributed by atoms with Crippen molar-refractivity contribution in [3.05, 3.63) is 58.7 Å². The van der Waals surface area contributed by atoms with Crippen molar-refractivity contribution in [2.75, 3.05) is 27.2 Å². The number of benzene rings is 2. The first-order chi connectivity index (χ1) is 16.7. The minimum atomic E-state index is -0.623. The van der Waals surface area contributed by atoms with E-state index < -0.39 is 11.9 Å². The van der Waals surface area contributed by atoms with Crippen LogP contribution in [0.25, 0.3) is 0 Å². The molecule has 2 N–H and O–H groups in total. The number of amides is 1. The monoisotopic (exact) mass is 482 g/mol. The molecule has 2 aromatic carbocycles. The number of nitrogens with zero attached hydrogens (tertiary/aromatic N) is 1. The average molecular weight is 483 g/mol. The summed E-state index contributed by atoms with van der Waals surface area (Å²) in [5.41, 5.74) is 4.47. The fourth-order valence-electron chi connectivity index (χ4n) is 4.60. The molecule has 7 nitrogen and oxygen atoms in total. The number of ether oxygens (including phenoxy) is 3. The molecule has 2 atom stereocenters. The van der Waals surface area contributed by atoms with Crippen molar-refractivity contribution in [1.82, 2.24) is 10.2 Å². The first-order valence-corrected chi connectivity index (χ1v) is 12.5. The second kappa shape index (κ2) is 11.0.